The van der Waals surface area contributed by atoms with Gasteiger partial charge in [0.05, 0.1) is 26.2 Å². The first-order chi connectivity index (χ1) is 11.8. The summed E-state index contributed by atoms with van der Waals surface area (Å²) in [7, 11) is -0.635. The highest BCUT2D eigenvalue weighted by molar-refractivity contribution is 7.92. The maximum Gasteiger partial charge on any atom is 0.243 e. The molecule has 7 nitrogen and oxygen atoms in total. The van der Waals surface area contributed by atoms with Crippen molar-refractivity contribution in [2.75, 3.05) is 44.4 Å². The summed E-state index contributed by atoms with van der Waals surface area (Å²) >= 11 is 0. The third-order valence-corrected chi connectivity index (χ3v) is 5.48. The van der Waals surface area contributed by atoms with Crippen LogP contribution in [0.1, 0.15) is 19.8 Å². The monoisotopic (exact) mass is 370 g/mol. The van der Waals surface area contributed by atoms with Gasteiger partial charge in [-0.2, -0.15) is 0 Å². The number of hydrogen-bond donors (Lipinski definition) is 0. The van der Waals surface area contributed by atoms with Crippen LogP contribution in [0.25, 0.3) is 0 Å². The van der Waals surface area contributed by atoms with Crippen LogP contribution in [0.4, 0.5) is 5.69 Å². The number of likely N-dealkylation sites (tertiary alicyclic amines) is 1. The van der Waals surface area contributed by atoms with Gasteiger partial charge in [0.2, 0.25) is 15.9 Å². The molecular weight excluding hydrogens is 344 g/mol. The summed E-state index contributed by atoms with van der Waals surface area (Å²) in [4.78, 5) is 14.4. The van der Waals surface area contributed by atoms with E-state index in [-0.39, 0.29) is 12.5 Å². The van der Waals surface area contributed by atoms with Crippen molar-refractivity contribution in [2.24, 2.45) is 5.92 Å². The van der Waals surface area contributed by atoms with Gasteiger partial charge in [-0.3, -0.25) is 9.10 Å². The molecule has 140 valence electrons. The molecule has 0 unspecified atom stereocenters. The van der Waals surface area contributed by atoms with Gasteiger partial charge in [0.25, 0.3) is 0 Å². The van der Waals surface area contributed by atoms with Crippen LogP contribution in [0.2, 0.25) is 0 Å². The third-order valence-electron chi connectivity index (χ3n) is 4.34. The van der Waals surface area contributed by atoms with Gasteiger partial charge in [-0.15, -0.1) is 0 Å². The summed E-state index contributed by atoms with van der Waals surface area (Å²) in [6, 6.07) is 4.79. The molecule has 1 aromatic carbocycles. The lowest BCUT2D eigenvalue weighted by atomic mass is 10.0. The fraction of sp³-hybridized carbons (Fsp3) is 0.588. The molecule has 1 amide bonds. The third kappa shape index (κ3) is 4.78. The molecule has 1 aromatic rings. The molecule has 0 bridgehead atoms. The fourth-order valence-corrected chi connectivity index (χ4v) is 3.86. The Morgan fingerprint density at radius 3 is 2.52 bits per heavy atom. The Bertz CT molecular complexity index is 720. The van der Waals surface area contributed by atoms with E-state index in [9.17, 15) is 13.2 Å². The minimum absolute atomic E-state index is 0.188. The lowest BCUT2D eigenvalue weighted by Gasteiger charge is -2.33. The van der Waals surface area contributed by atoms with Gasteiger partial charge < -0.3 is 14.4 Å². The van der Waals surface area contributed by atoms with E-state index in [1.807, 2.05) is 0 Å². The number of rotatable bonds is 6. The van der Waals surface area contributed by atoms with Gasteiger partial charge in [-0.05, 0) is 30.9 Å². The molecule has 1 heterocycles. The Morgan fingerprint density at radius 1 is 1.28 bits per heavy atom. The molecule has 1 fully saturated rings. The topological polar surface area (TPSA) is 76.2 Å². The minimum Gasteiger partial charge on any atom is -0.493 e. The Morgan fingerprint density at radius 2 is 1.96 bits per heavy atom. The van der Waals surface area contributed by atoms with Gasteiger partial charge in [0.1, 0.15) is 6.54 Å². The first-order valence-corrected chi connectivity index (χ1v) is 10.1. The molecule has 1 atom stereocenters. The van der Waals surface area contributed by atoms with Crippen molar-refractivity contribution in [3.8, 4) is 11.5 Å². The number of carbonyl (C=O) groups is 1. The number of sulfonamides is 1. The van der Waals surface area contributed by atoms with Crippen LogP contribution < -0.4 is 13.8 Å². The van der Waals surface area contributed by atoms with Gasteiger partial charge in [0.15, 0.2) is 11.5 Å². The molecule has 2 rings (SSSR count). The first-order valence-electron chi connectivity index (χ1n) is 8.23. The van der Waals surface area contributed by atoms with E-state index in [0.29, 0.717) is 36.2 Å². The van der Waals surface area contributed by atoms with Crippen molar-refractivity contribution in [1.29, 1.82) is 0 Å². The Kier molecular flexibility index (Phi) is 6.16. The van der Waals surface area contributed by atoms with Crippen LogP contribution >= 0.6 is 0 Å². The van der Waals surface area contributed by atoms with Crippen LogP contribution in [0.15, 0.2) is 18.2 Å². The second-order valence-corrected chi connectivity index (χ2v) is 8.30. The Hall–Kier alpha value is -1.96. The van der Waals surface area contributed by atoms with E-state index in [1.165, 1.54) is 14.2 Å². The fourth-order valence-electron chi connectivity index (χ4n) is 3.02. The Labute approximate surface area is 149 Å². The van der Waals surface area contributed by atoms with Crippen LogP contribution in [-0.4, -0.2) is 59.3 Å². The quantitative estimate of drug-likeness (QED) is 0.762. The average molecular weight is 370 g/mol. The molecule has 0 aromatic heterocycles. The van der Waals surface area contributed by atoms with E-state index >= 15 is 0 Å². The normalized spacial score (nSPS) is 17.9. The number of nitrogens with zero attached hydrogens (tertiary/aromatic N) is 2. The van der Waals surface area contributed by atoms with E-state index in [0.717, 1.165) is 23.4 Å². The van der Waals surface area contributed by atoms with Crippen LogP contribution in [0.5, 0.6) is 11.5 Å². The maximum absolute atomic E-state index is 12.6. The number of benzene rings is 1. The molecule has 0 spiro atoms. The number of amides is 1. The van der Waals surface area contributed by atoms with Crippen LogP contribution in [0.3, 0.4) is 0 Å². The highest BCUT2D eigenvalue weighted by Crippen LogP contribution is 2.32. The van der Waals surface area contributed by atoms with Crippen molar-refractivity contribution in [1.82, 2.24) is 4.90 Å². The number of hydrogen-bond acceptors (Lipinski definition) is 5. The van der Waals surface area contributed by atoms with E-state index in [2.05, 4.69) is 6.92 Å². The van der Waals surface area contributed by atoms with Crippen molar-refractivity contribution in [3.63, 3.8) is 0 Å². The number of methoxy groups -OCH3 is 2. The van der Waals surface area contributed by atoms with E-state index in [4.69, 9.17) is 9.47 Å². The zero-order valence-corrected chi connectivity index (χ0v) is 16.0. The van der Waals surface area contributed by atoms with Crippen molar-refractivity contribution >= 4 is 21.6 Å². The highest BCUT2D eigenvalue weighted by atomic mass is 32.2. The molecule has 0 aliphatic carbocycles. The standard InChI is InChI=1S/C17H26N2O5S/c1-13-6-5-9-18(11-13)17(20)12-19(25(4,21)22)14-7-8-15(23-2)16(10-14)24-3/h7-8,10,13H,5-6,9,11-12H2,1-4H3/t13-/m0/s1. The van der Waals surface area contributed by atoms with E-state index in [1.54, 1.807) is 23.1 Å². The average Bonchev–Trinajstić information content (AvgIpc) is 2.57. The van der Waals surface area contributed by atoms with Crippen LogP contribution in [-0.2, 0) is 14.8 Å². The van der Waals surface area contributed by atoms with E-state index < -0.39 is 10.0 Å². The van der Waals surface area contributed by atoms with Gasteiger partial charge >= 0.3 is 0 Å². The number of anilines is 1. The molecule has 8 heteroatoms. The first kappa shape index (κ1) is 19.4. The second-order valence-electron chi connectivity index (χ2n) is 6.40. The summed E-state index contributed by atoms with van der Waals surface area (Å²) in [5, 5.41) is 0. The SMILES string of the molecule is COc1ccc(N(CC(=O)N2CCC[C@H](C)C2)S(C)(=O)=O)cc1OC. The molecule has 0 N–H and O–H groups in total. The molecule has 0 saturated carbocycles. The predicted octanol–water partition coefficient (Wildman–Crippen LogP) is 1.73. The zero-order valence-electron chi connectivity index (χ0n) is 15.2. The number of ether oxygens (including phenoxy) is 2. The molecule has 0 radical (unpaired) electrons. The zero-order chi connectivity index (χ0) is 18.6. The largest absolute Gasteiger partial charge is 0.493 e. The molecular formula is C17H26N2O5S. The molecule has 1 saturated heterocycles. The summed E-state index contributed by atoms with van der Waals surface area (Å²) in [5.74, 6) is 1.15. The number of piperidine rings is 1. The molecule has 1 aliphatic heterocycles. The highest BCUT2D eigenvalue weighted by Gasteiger charge is 2.27. The second kappa shape index (κ2) is 7.95. The number of carbonyl (C=O) groups excluding carboxylic acids is 1. The van der Waals surface area contributed by atoms with Crippen LogP contribution in [0, 0.1) is 5.92 Å². The van der Waals surface area contributed by atoms with Crippen molar-refractivity contribution in [3.05, 3.63) is 18.2 Å². The summed E-state index contributed by atoms with van der Waals surface area (Å²) < 4.78 is 36.0. The maximum atomic E-state index is 12.6. The predicted molar refractivity (Wildman–Crippen MR) is 96.7 cm³/mol. The summed E-state index contributed by atoms with van der Waals surface area (Å²) in [5.41, 5.74) is 0.374. The van der Waals surface area contributed by atoms with Crippen molar-refractivity contribution in [2.45, 2.75) is 19.8 Å². The smallest absolute Gasteiger partial charge is 0.243 e. The summed E-state index contributed by atoms with van der Waals surface area (Å²) in [6.45, 7) is 3.22. The lowest BCUT2D eigenvalue weighted by Crippen LogP contribution is -2.46. The summed E-state index contributed by atoms with van der Waals surface area (Å²) in [6.07, 6.45) is 3.13. The van der Waals surface area contributed by atoms with Crippen molar-refractivity contribution < 1.29 is 22.7 Å². The minimum atomic E-state index is -3.62. The Balaban J connectivity index is 2.27. The molecule has 1 aliphatic rings. The van der Waals surface area contributed by atoms with Gasteiger partial charge in [-0.1, -0.05) is 6.92 Å². The molecule has 25 heavy (non-hydrogen) atoms. The lowest BCUT2D eigenvalue weighted by molar-refractivity contribution is -0.131. The van der Waals surface area contributed by atoms with Gasteiger partial charge in [-0.25, -0.2) is 8.42 Å². The van der Waals surface area contributed by atoms with Gasteiger partial charge in [0, 0.05) is 19.2 Å².